The van der Waals surface area contributed by atoms with E-state index in [0.29, 0.717) is 0 Å². The van der Waals surface area contributed by atoms with Crippen LogP contribution in [0, 0.1) is 12.7 Å². The van der Waals surface area contributed by atoms with Crippen LogP contribution in [-0.4, -0.2) is 0 Å². The van der Waals surface area contributed by atoms with Gasteiger partial charge in [-0.15, -0.1) is 0 Å². The van der Waals surface area contributed by atoms with Gasteiger partial charge in [0.1, 0.15) is 5.82 Å². The van der Waals surface area contributed by atoms with Crippen LogP contribution < -0.4 is 5.73 Å². The molecule has 100 valence electrons. The molecule has 0 aromatic heterocycles. The molecular formula is C18H16FN. The van der Waals surface area contributed by atoms with Crippen molar-refractivity contribution in [3.05, 3.63) is 83.2 Å². The number of hydrogen-bond acceptors (Lipinski definition) is 1. The van der Waals surface area contributed by atoms with Crippen LogP contribution in [0.15, 0.2) is 60.7 Å². The Kier molecular flexibility index (Phi) is 3.25. The molecule has 0 aliphatic carbocycles. The van der Waals surface area contributed by atoms with Gasteiger partial charge in [0.2, 0.25) is 0 Å². The Bertz CT molecular complexity index is 759. The van der Waals surface area contributed by atoms with Gasteiger partial charge in [0.05, 0.1) is 6.04 Å². The molecule has 1 nitrogen and oxygen atoms in total. The summed E-state index contributed by atoms with van der Waals surface area (Å²) in [7, 11) is 0. The van der Waals surface area contributed by atoms with E-state index in [0.717, 1.165) is 27.5 Å². The first kappa shape index (κ1) is 12.8. The molecule has 0 spiro atoms. The van der Waals surface area contributed by atoms with Gasteiger partial charge in [-0.05, 0) is 46.5 Å². The highest BCUT2D eigenvalue weighted by atomic mass is 19.1. The van der Waals surface area contributed by atoms with Crippen molar-refractivity contribution in [3.8, 4) is 0 Å². The van der Waals surface area contributed by atoms with Gasteiger partial charge < -0.3 is 5.73 Å². The fourth-order valence-electron chi connectivity index (χ4n) is 2.64. The molecule has 3 aromatic carbocycles. The van der Waals surface area contributed by atoms with Crippen LogP contribution in [0.4, 0.5) is 4.39 Å². The van der Waals surface area contributed by atoms with E-state index < -0.39 is 0 Å². The van der Waals surface area contributed by atoms with Crippen molar-refractivity contribution in [2.24, 2.45) is 5.73 Å². The first-order valence-corrected chi connectivity index (χ1v) is 6.66. The molecule has 2 N–H and O–H groups in total. The largest absolute Gasteiger partial charge is 0.320 e. The highest BCUT2D eigenvalue weighted by Gasteiger charge is 2.14. The van der Waals surface area contributed by atoms with Crippen molar-refractivity contribution in [2.45, 2.75) is 13.0 Å². The summed E-state index contributed by atoms with van der Waals surface area (Å²) >= 11 is 0. The molecule has 0 fully saturated rings. The van der Waals surface area contributed by atoms with Crippen molar-refractivity contribution in [3.63, 3.8) is 0 Å². The van der Waals surface area contributed by atoms with E-state index >= 15 is 0 Å². The fraction of sp³-hybridized carbons (Fsp3) is 0.111. The molecule has 1 atom stereocenters. The van der Waals surface area contributed by atoms with Crippen molar-refractivity contribution in [1.82, 2.24) is 0 Å². The zero-order valence-corrected chi connectivity index (χ0v) is 11.3. The number of nitrogens with two attached hydrogens (primary N) is 1. The number of hydrogen-bond donors (Lipinski definition) is 1. The zero-order valence-electron chi connectivity index (χ0n) is 11.3. The average molecular weight is 265 g/mol. The van der Waals surface area contributed by atoms with Gasteiger partial charge in [-0.3, -0.25) is 0 Å². The van der Waals surface area contributed by atoms with E-state index in [-0.39, 0.29) is 11.9 Å². The third kappa shape index (κ3) is 2.19. The van der Waals surface area contributed by atoms with E-state index in [2.05, 4.69) is 18.2 Å². The molecule has 0 bridgehead atoms. The molecule has 0 heterocycles. The van der Waals surface area contributed by atoms with Crippen LogP contribution in [0.5, 0.6) is 0 Å². The van der Waals surface area contributed by atoms with Crippen LogP contribution in [0.25, 0.3) is 10.8 Å². The number of rotatable bonds is 2. The lowest BCUT2D eigenvalue weighted by molar-refractivity contribution is 0.623. The molecular weight excluding hydrogens is 249 g/mol. The number of halogens is 1. The van der Waals surface area contributed by atoms with Crippen LogP contribution >= 0.6 is 0 Å². The molecule has 0 aliphatic heterocycles. The maximum absolute atomic E-state index is 13.5. The predicted octanol–water partition coefficient (Wildman–Crippen LogP) is 4.34. The summed E-state index contributed by atoms with van der Waals surface area (Å²) in [4.78, 5) is 0. The fourth-order valence-corrected chi connectivity index (χ4v) is 2.64. The van der Waals surface area contributed by atoms with E-state index in [9.17, 15) is 4.39 Å². The number of benzene rings is 3. The zero-order chi connectivity index (χ0) is 14.1. The van der Waals surface area contributed by atoms with Crippen LogP contribution in [0.3, 0.4) is 0 Å². The lowest BCUT2D eigenvalue weighted by Crippen LogP contribution is -2.14. The first-order valence-electron chi connectivity index (χ1n) is 6.66. The summed E-state index contributed by atoms with van der Waals surface area (Å²) < 4.78 is 13.5. The Morgan fingerprint density at radius 1 is 0.900 bits per heavy atom. The molecule has 3 rings (SSSR count). The predicted molar refractivity (Wildman–Crippen MR) is 81.1 cm³/mol. The first-order chi connectivity index (χ1) is 9.66. The standard InChI is InChI=1S/C18H16FN/c1-12-9-10-14(19)11-17(12)18(20)16-8-4-6-13-5-2-3-7-15(13)16/h2-11,18H,20H2,1H3. The van der Waals surface area contributed by atoms with Gasteiger partial charge in [0, 0.05) is 0 Å². The Balaban J connectivity index is 2.17. The van der Waals surface area contributed by atoms with Crippen LogP contribution in [0.1, 0.15) is 22.7 Å². The van der Waals surface area contributed by atoms with Gasteiger partial charge >= 0.3 is 0 Å². The second kappa shape index (κ2) is 5.06. The van der Waals surface area contributed by atoms with Crippen LogP contribution in [-0.2, 0) is 0 Å². The summed E-state index contributed by atoms with van der Waals surface area (Å²) in [5.74, 6) is -0.249. The Morgan fingerprint density at radius 2 is 1.65 bits per heavy atom. The maximum atomic E-state index is 13.5. The summed E-state index contributed by atoms with van der Waals surface area (Å²) in [6.45, 7) is 1.96. The van der Waals surface area contributed by atoms with Crippen molar-refractivity contribution >= 4 is 10.8 Å². The minimum Gasteiger partial charge on any atom is -0.320 e. The van der Waals surface area contributed by atoms with Gasteiger partial charge in [-0.25, -0.2) is 4.39 Å². The Morgan fingerprint density at radius 3 is 2.50 bits per heavy atom. The molecule has 0 radical (unpaired) electrons. The minimum absolute atomic E-state index is 0.249. The lowest BCUT2D eigenvalue weighted by atomic mass is 9.92. The third-order valence-corrected chi connectivity index (χ3v) is 3.73. The summed E-state index contributed by atoms with van der Waals surface area (Å²) in [6.07, 6.45) is 0. The Labute approximate surface area is 117 Å². The van der Waals surface area contributed by atoms with Crippen molar-refractivity contribution in [1.29, 1.82) is 0 Å². The number of fused-ring (bicyclic) bond motifs is 1. The van der Waals surface area contributed by atoms with Gasteiger partial charge in [-0.1, -0.05) is 48.5 Å². The molecule has 0 saturated carbocycles. The van der Waals surface area contributed by atoms with Crippen molar-refractivity contribution in [2.75, 3.05) is 0 Å². The Hall–Kier alpha value is -2.19. The van der Waals surface area contributed by atoms with E-state index in [1.807, 2.05) is 31.2 Å². The van der Waals surface area contributed by atoms with Gasteiger partial charge in [0.15, 0.2) is 0 Å². The SMILES string of the molecule is Cc1ccc(F)cc1C(N)c1cccc2ccccc12. The van der Waals surface area contributed by atoms with E-state index in [4.69, 9.17) is 5.73 Å². The topological polar surface area (TPSA) is 26.0 Å². The molecule has 0 saturated heterocycles. The van der Waals surface area contributed by atoms with E-state index in [1.165, 1.54) is 12.1 Å². The average Bonchev–Trinajstić information content (AvgIpc) is 2.48. The second-order valence-electron chi connectivity index (χ2n) is 5.05. The summed E-state index contributed by atoms with van der Waals surface area (Å²) in [6, 6.07) is 18.6. The monoisotopic (exact) mass is 265 g/mol. The molecule has 2 heteroatoms. The second-order valence-corrected chi connectivity index (χ2v) is 5.05. The quantitative estimate of drug-likeness (QED) is 0.733. The smallest absolute Gasteiger partial charge is 0.123 e. The van der Waals surface area contributed by atoms with E-state index in [1.54, 1.807) is 6.07 Å². The van der Waals surface area contributed by atoms with Crippen molar-refractivity contribution < 1.29 is 4.39 Å². The summed E-state index contributed by atoms with van der Waals surface area (Å²) in [5, 5.41) is 2.26. The highest BCUT2D eigenvalue weighted by molar-refractivity contribution is 5.86. The maximum Gasteiger partial charge on any atom is 0.123 e. The van der Waals surface area contributed by atoms with Gasteiger partial charge in [0.25, 0.3) is 0 Å². The molecule has 3 aromatic rings. The molecule has 1 unspecified atom stereocenters. The minimum atomic E-state index is -0.322. The molecule has 0 amide bonds. The molecule has 20 heavy (non-hydrogen) atoms. The lowest BCUT2D eigenvalue weighted by Gasteiger charge is -2.17. The summed E-state index contributed by atoms with van der Waals surface area (Å²) in [5.41, 5.74) is 9.25. The molecule has 0 aliphatic rings. The highest BCUT2D eigenvalue weighted by Crippen LogP contribution is 2.29. The third-order valence-electron chi connectivity index (χ3n) is 3.73. The normalized spacial score (nSPS) is 12.6. The van der Waals surface area contributed by atoms with Crippen LogP contribution in [0.2, 0.25) is 0 Å². The van der Waals surface area contributed by atoms with Gasteiger partial charge in [-0.2, -0.15) is 0 Å². The number of aryl methyl sites for hydroxylation is 1.